The second-order valence-electron chi connectivity index (χ2n) is 5.78. The Morgan fingerprint density at radius 1 is 0.815 bits per heavy atom. The van der Waals surface area contributed by atoms with Crippen LogP contribution in [0.2, 0.25) is 0 Å². The number of hydrogen-bond donors (Lipinski definition) is 1. The van der Waals surface area contributed by atoms with Crippen molar-refractivity contribution in [2.24, 2.45) is 0 Å². The van der Waals surface area contributed by atoms with Crippen LogP contribution in [-0.4, -0.2) is 11.7 Å². The van der Waals surface area contributed by atoms with Crippen LogP contribution < -0.4 is 5.32 Å². The van der Waals surface area contributed by atoms with Crippen molar-refractivity contribution in [2.45, 2.75) is 5.25 Å². The van der Waals surface area contributed by atoms with Crippen LogP contribution >= 0.6 is 11.8 Å². The largest absolute Gasteiger partial charge is 0.323 e. The standard InChI is InChI=1S/C21H16F3NOS/c22-16-11-12-17(20(24)19(16)23)25-18(26)13-27-21(14-7-3-1-4-8-14)15-9-5-2-6-10-15/h1-12,21H,13H2,(H,25,26). The molecule has 27 heavy (non-hydrogen) atoms. The van der Waals surface area contributed by atoms with Crippen LogP contribution in [-0.2, 0) is 4.79 Å². The third-order valence-electron chi connectivity index (χ3n) is 3.90. The molecule has 0 spiro atoms. The normalized spacial score (nSPS) is 10.8. The van der Waals surface area contributed by atoms with Gasteiger partial charge in [-0.15, -0.1) is 11.8 Å². The first kappa shape index (κ1) is 19.0. The van der Waals surface area contributed by atoms with Gasteiger partial charge in [-0.2, -0.15) is 0 Å². The van der Waals surface area contributed by atoms with Gasteiger partial charge in [0, 0.05) is 0 Å². The van der Waals surface area contributed by atoms with Crippen LogP contribution in [0.3, 0.4) is 0 Å². The zero-order valence-corrected chi connectivity index (χ0v) is 15.0. The van der Waals surface area contributed by atoms with Gasteiger partial charge in [-0.1, -0.05) is 60.7 Å². The molecule has 0 aliphatic carbocycles. The van der Waals surface area contributed by atoms with Crippen LogP contribution in [0.1, 0.15) is 16.4 Å². The van der Waals surface area contributed by atoms with Crippen LogP contribution in [0.5, 0.6) is 0 Å². The molecular formula is C21H16F3NOS. The van der Waals surface area contributed by atoms with Crippen molar-refractivity contribution in [2.75, 3.05) is 11.1 Å². The van der Waals surface area contributed by atoms with Gasteiger partial charge < -0.3 is 5.32 Å². The van der Waals surface area contributed by atoms with Crippen molar-refractivity contribution < 1.29 is 18.0 Å². The lowest BCUT2D eigenvalue weighted by atomic mass is 10.0. The van der Waals surface area contributed by atoms with Gasteiger partial charge in [0.15, 0.2) is 17.5 Å². The fourth-order valence-corrected chi connectivity index (χ4v) is 3.70. The fraction of sp³-hybridized carbons (Fsp3) is 0.0952. The van der Waals surface area contributed by atoms with E-state index in [0.29, 0.717) is 0 Å². The molecule has 0 unspecified atom stereocenters. The Balaban J connectivity index is 1.72. The number of nitrogens with one attached hydrogen (secondary N) is 1. The van der Waals surface area contributed by atoms with Gasteiger partial charge in [0.25, 0.3) is 0 Å². The summed E-state index contributed by atoms with van der Waals surface area (Å²) >= 11 is 1.37. The molecule has 6 heteroatoms. The van der Waals surface area contributed by atoms with Gasteiger partial charge in [-0.25, -0.2) is 13.2 Å². The molecule has 0 fully saturated rings. The molecule has 1 N–H and O–H groups in total. The molecule has 0 radical (unpaired) electrons. The van der Waals surface area contributed by atoms with E-state index in [1.54, 1.807) is 0 Å². The van der Waals surface area contributed by atoms with E-state index in [4.69, 9.17) is 0 Å². The molecule has 3 aromatic rings. The second-order valence-corrected chi connectivity index (χ2v) is 6.88. The highest BCUT2D eigenvalue weighted by Gasteiger charge is 2.18. The average Bonchev–Trinajstić information content (AvgIpc) is 2.70. The molecule has 0 saturated carbocycles. The minimum atomic E-state index is -1.60. The molecule has 3 rings (SSSR count). The zero-order chi connectivity index (χ0) is 19.2. The lowest BCUT2D eigenvalue weighted by molar-refractivity contribution is -0.113. The van der Waals surface area contributed by atoms with E-state index in [0.717, 1.165) is 23.3 Å². The molecule has 0 aliphatic heterocycles. The van der Waals surface area contributed by atoms with Gasteiger partial charge in [-0.3, -0.25) is 4.79 Å². The van der Waals surface area contributed by atoms with E-state index >= 15 is 0 Å². The number of hydrogen-bond acceptors (Lipinski definition) is 2. The molecule has 0 atom stereocenters. The first-order chi connectivity index (χ1) is 13.1. The molecule has 3 aromatic carbocycles. The lowest BCUT2D eigenvalue weighted by Gasteiger charge is -2.17. The SMILES string of the molecule is O=C(CSC(c1ccccc1)c1ccccc1)Nc1ccc(F)c(F)c1F. The van der Waals surface area contributed by atoms with Crippen LogP contribution in [0.25, 0.3) is 0 Å². The van der Waals surface area contributed by atoms with Crippen molar-refractivity contribution in [3.63, 3.8) is 0 Å². The average molecular weight is 387 g/mol. The summed E-state index contributed by atoms with van der Waals surface area (Å²) in [5.74, 6) is -4.79. The highest BCUT2D eigenvalue weighted by atomic mass is 32.2. The highest BCUT2D eigenvalue weighted by Crippen LogP contribution is 2.35. The molecule has 0 aliphatic rings. The molecular weight excluding hydrogens is 371 g/mol. The Morgan fingerprint density at radius 2 is 1.37 bits per heavy atom. The predicted molar refractivity (Wildman–Crippen MR) is 102 cm³/mol. The van der Waals surface area contributed by atoms with Crippen molar-refractivity contribution >= 4 is 23.4 Å². The van der Waals surface area contributed by atoms with Crippen LogP contribution in [0, 0.1) is 17.5 Å². The lowest BCUT2D eigenvalue weighted by Crippen LogP contribution is -2.17. The Morgan fingerprint density at radius 3 is 1.93 bits per heavy atom. The van der Waals surface area contributed by atoms with E-state index in [-0.39, 0.29) is 16.7 Å². The summed E-state index contributed by atoms with van der Waals surface area (Å²) in [5.41, 5.74) is 1.68. The molecule has 0 heterocycles. The first-order valence-corrected chi connectivity index (χ1v) is 9.26. The van der Waals surface area contributed by atoms with Gasteiger partial charge in [-0.05, 0) is 23.3 Å². The topological polar surface area (TPSA) is 29.1 Å². The van der Waals surface area contributed by atoms with Gasteiger partial charge in [0.05, 0.1) is 16.7 Å². The second kappa shape index (κ2) is 8.77. The number of benzene rings is 3. The van der Waals surface area contributed by atoms with Crippen molar-refractivity contribution in [3.8, 4) is 0 Å². The molecule has 0 saturated heterocycles. The van der Waals surface area contributed by atoms with E-state index in [1.165, 1.54) is 11.8 Å². The van der Waals surface area contributed by atoms with Gasteiger partial charge in [0.1, 0.15) is 0 Å². The zero-order valence-electron chi connectivity index (χ0n) is 14.2. The van der Waals surface area contributed by atoms with Crippen molar-refractivity contribution in [1.82, 2.24) is 0 Å². The smallest absolute Gasteiger partial charge is 0.234 e. The number of thioether (sulfide) groups is 1. The third-order valence-corrected chi connectivity index (χ3v) is 5.20. The monoisotopic (exact) mass is 387 g/mol. The van der Waals surface area contributed by atoms with E-state index in [9.17, 15) is 18.0 Å². The maximum Gasteiger partial charge on any atom is 0.234 e. The maximum absolute atomic E-state index is 13.7. The number of carbonyl (C=O) groups is 1. The number of amides is 1. The predicted octanol–water partition coefficient (Wildman–Crippen LogP) is 5.57. The molecule has 0 aromatic heterocycles. The number of anilines is 1. The van der Waals surface area contributed by atoms with Gasteiger partial charge >= 0.3 is 0 Å². The molecule has 2 nitrogen and oxygen atoms in total. The molecule has 0 bridgehead atoms. The van der Waals surface area contributed by atoms with E-state index < -0.39 is 23.4 Å². The molecule has 1 amide bonds. The number of halogens is 3. The summed E-state index contributed by atoms with van der Waals surface area (Å²) < 4.78 is 40.0. The summed E-state index contributed by atoms with van der Waals surface area (Å²) in [5, 5.41) is 2.21. The third kappa shape index (κ3) is 4.71. The summed E-state index contributed by atoms with van der Waals surface area (Å²) in [6.07, 6.45) is 0. The summed E-state index contributed by atoms with van der Waals surface area (Å²) in [4.78, 5) is 12.2. The van der Waals surface area contributed by atoms with Crippen molar-refractivity contribution in [3.05, 3.63) is 101 Å². The molecule has 138 valence electrons. The van der Waals surface area contributed by atoms with Crippen LogP contribution in [0.4, 0.5) is 18.9 Å². The Labute approximate surface area is 159 Å². The number of rotatable bonds is 6. The first-order valence-electron chi connectivity index (χ1n) is 8.21. The number of carbonyl (C=O) groups excluding carboxylic acids is 1. The van der Waals surface area contributed by atoms with Crippen LogP contribution in [0.15, 0.2) is 72.8 Å². The van der Waals surface area contributed by atoms with E-state index in [2.05, 4.69) is 5.32 Å². The Bertz CT molecular complexity index is 880. The Hall–Kier alpha value is -2.73. The fourth-order valence-electron chi connectivity index (χ4n) is 2.61. The summed E-state index contributed by atoms with van der Waals surface area (Å²) in [7, 11) is 0. The minimum absolute atomic E-state index is 0.0207. The quantitative estimate of drug-likeness (QED) is 0.561. The van der Waals surface area contributed by atoms with Gasteiger partial charge in [0.2, 0.25) is 5.91 Å². The Kier molecular flexibility index (Phi) is 6.19. The minimum Gasteiger partial charge on any atom is -0.323 e. The maximum atomic E-state index is 13.7. The summed E-state index contributed by atoms with van der Waals surface area (Å²) in [6.45, 7) is 0. The van der Waals surface area contributed by atoms with E-state index in [1.807, 2.05) is 60.7 Å². The highest BCUT2D eigenvalue weighted by molar-refractivity contribution is 8.00. The summed E-state index contributed by atoms with van der Waals surface area (Å²) in [6, 6.07) is 21.2. The van der Waals surface area contributed by atoms with Crippen molar-refractivity contribution in [1.29, 1.82) is 0 Å².